The number of ether oxygens (including phenoxy) is 1. The Kier molecular flexibility index (Phi) is 3.27. The Labute approximate surface area is 156 Å². The molecule has 5 aliphatic rings. The molecule has 0 unspecified atom stereocenters. The van der Waals surface area contributed by atoms with Crippen LogP contribution < -0.4 is 5.32 Å². The van der Waals surface area contributed by atoms with Crippen LogP contribution in [0.15, 0.2) is 11.6 Å². The van der Waals surface area contributed by atoms with Crippen LogP contribution in [0.4, 0.5) is 0 Å². The molecule has 3 aliphatic carbocycles. The molecule has 2 aliphatic heterocycles. The number of nitrogens with one attached hydrogen (secondary N) is 1. The molecule has 0 aromatic carbocycles. The zero-order valence-electron chi connectivity index (χ0n) is 16.7. The summed E-state index contributed by atoms with van der Waals surface area (Å²) in [5, 5.41) is 15.6. The molecule has 2 saturated carbocycles. The van der Waals surface area contributed by atoms with Crippen molar-refractivity contribution in [2.45, 2.75) is 83.6 Å². The van der Waals surface area contributed by atoms with Crippen LogP contribution in [0, 0.1) is 35.0 Å². The van der Waals surface area contributed by atoms with Crippen LogP contribution in [0.3, 0.4) is 0 Å². The van der Waals surface area contributed by atoms with Gasteiger partial charge in [0.15, 0.2) is 0 Å². The number of rotatable bonds is 2. The second kappa shape index (κ2) is 4.94. The molecule has 5 rings (SSSR count). The average molecular weight is 360 g/mol. The number of amides is 1. The fraction of sp³-hybridized carbons (Fsp3) is 0.864. The molecule has 1 spiro atoms. The van der Waals surface area contributed by atoms with Gasteiger partial charge < -0.3 is 15.2 Å². The number of aliphatic hydroxyl groups is 1. The summed E-state index contributed by atoms with van der Waals surface area (Å²) < 4.78 is 6.35. The van der Waals surface area contributed by atoms with Gasteiger partial charge in [0.25, 0.3) is 0 Å². The Hall–Kier alpha value is -0.870. The summed E-state index contributed by atoms with van der Waals surface area (Å²) in [7, 11) is 0. The van der Waals surface area contributed by atoms with E-state index < -0.39 is 11.0 Å². The van der Waals surface area contributed by atoms with E-state index >= 15 is 0 Å². The second-order valence-corrected chi connectivity index (χ2v) is 10.6. The van der Waals surface area contributed by atoms with Crippen molar-refractivity contribution in [2.75, 3.05) is 0 Å². The lowest BCUT2D eigenvalue weighted by molar-refractivity contribution is -0.264. The van der Waals surface area contributed by atoms with E-state index in [0.29, 0.717) is 18.3 Å². The van der Waals surface area contributed by atoms with Crippen molar-refractivity contribution in [3.8, 4) is 0 Å². The van der Waals surface area contributed by atoms with Gasteiger partial charge in [-0.25, -0.2) is 0 Å². The maximum atomic E-state index is 13.6. The van der Waals surface area contributed by atoms with Crippen molar-refractivity contribution in [2.24, 2.45) is 35.0 Å². The van der Waals surface area contributed by atoms with Crippen LogP contribution in [0.1, 0.15) is 60.3 Å². The van der Waals surface area contributed by atoms with Crippen LogP contribution in [-0.4, -0.2) is 34.4 Å². The Morgan fingerprint density at radius 2 is 2.12 bits per heavy atom. The molecule has 0 radical (unpaired) electrons. The molecule has 144 valence electrons. The van der Waals surface area contributed by atoms with Gasteiger partial charge in [-0.2, -0.15) is 0 Å². The molecule has 4 heteroatoms. The summed E-state index contributed by atoms with van der Waals surface area (Å²) in [6, 6.07) is 0.164. The van der Waals surface area contributed by atoms with Crippen LogP contribution in [0.25, 0.3) is 0 Å². The normalized spacial score (nSPS) is 57.0. The van der Waals surface area contributed by atoms with Gasteiger partial charge in [-0.05, 0) is 50.9 Å². The van der Waals surface area contributed by atoms with E-state index in [9.17, 15) is 9.90 Å². The first-order valence-corrected chi connectivity index (χ1v) is 10.5. The minimum atomic E-state index is -0.931. The fourth-order valence-electron chi connectivity index (χ4n) is 8.05. The summed E-state index contributed by atoms with van der Waals surface area (Å²) in [5.41, 5.74) is -0.514. The molecule has 2 saturated heterocycles. The van der Waals surface area contributed by atoms with Gasteiger partial charge in [-0.3, -0.25) is 4.79 Å². The van der Waals surface area contributed by atoms with Crippen LogP contribution >= 0.6 is 0 Å². The van der Waals surface area contributed by atoms with Gasteiger partial charge in [0.2, 0.25) is 5.91 Å². The average Bonchev–Trinajstić information content (AvgIpc) is 3.11. The third-order valence-corrected chi connectivity index (χ3v) is 8.81. The number of hydrogen-bond donors (Lipinski definition) is 2. The molecule has 0 aromatic rings. The Bertz CT molecular complexity index is 702. The van der Waals surface area contributed by atoms with Crippen molar-refractivity contribution in [1.29, 1.82) is 0 Å². The molecule has 9 atom stereocenters. The standard InChI is InChI=1S/C22H33NO3/c1-11(2)6-16-18-13(4)12(3)7-14-9-20(5)17-8-15(26-20)10-21(17,25)22(14,18)19(24)23-16/h7,11,13-18,25H,6,8-10H2,1-5H3,(H,23,24)/t13-,14-,15-,16+,17-,18+,20-,21+,22-/m1/s1. The van der Waals surface area contributed by atoms with E-state index in [1.807, 2.05) is 0 Å². The minimum Gasteiger partial charge on any atom is -0.388 e. The second-order valence-electron chi connectivity index (χ2n) is 10.6. The summed E-state index contributed by atoms with van der Waals surface area (Å²) in [4.78, 5) is 13.6. The first kappa shape index (κ1) is 17.2. The molecule has 2 bridgehead atoms. The van der Waals surface area contributed by atoms with E-state index in [2.05, 4.69) is 46.0 Å². The molecule has 4 fully saturated rings. The Balaban J connectivity index is 1.71. The molecule has 4 nitrogen and oxygen atoms in total. The Morgan fingerprint density at radius 3 is 2.77 bits per heavy atom. The van der Waals surface area contributed by atoms with Gasteiger partial charge in [0.05, 0.1) is 22.7 Å². The van der Waals surface area contributed by atoms with Crippen molar-refractivity contribution < 1.29 is 14.6 Å². The number of carbonyl (C=O) groups is 1. The number of carbonyl (C=O) groups excluding carboxylic acids is 1. The SMILES string of the molecule is CC1=C[C@@H]2C[C@@]3(C)O[C@@H]4C[C@H]3[C@@](O)(C4)[C@]23C(=O)N[C@@H](CC(C)C)[C@@H]3[C@@H]1C. The van der Waals surface area contributed by atoms with Crippen molar-refractivity contribution in [1.82, 2.24) is 5.32 Å². The van der Waals surface area contributed by atoms with Crippen molar-refractivity contribution >= 4 is 5.91 Å². The lowest BCUT2D eigenvalue weighted by Gasteiger charge is -2.63. The Morgan fingerprint density at radius 1 is 1.38 bits per heavy atom. The van der Waals surface area contributed by atoms with E-state index in [1.54, 1.807) is 0 Å². The smallest absolute Gasteiger partial charge is 0.230 e. The molecule has 26 heavy (non-hydrogen) atoms. The summed E-state index contributed by atoms with van der Waals surface area (Å²) >= 11 is 0. The van der Waals surface area contributed by atoms with E-state index in [0.717, 1.165) is 19.3 Å². The zero-order valence-corrected chi connectivity index (χ0v) is 16.7. The van der Waals surface area contributed by atoms with Gasteiger partial charge in [0, 0.05) is 24.3 Å². The fourth-order valence-corrected chi connectivity index (χ4v) is 8.05. The molecular weight excluding hydrogens is 326 g/mol. The van der Waals surface area contributed by atoms with Gasteiger partial charge in [-0.15, -0.1) is 0 Å². The first-order chi connectivity index (χ1) is 12.1. The zero-order chi connectivity index (χ0) is 18.6. The molecular formula is C22H33NO3. The number of hydrogen-bond acceptors (Lipinski definition) is 3. The molecule has 2 heterocycles. The van der Waals surface area contributed by atoms with Crippen LogP contribution in [-0.2, 0) is 9.53 Å². The predicted molar refractivity (Wildman–Crippen MR) is 99.3 cm³/mol. The third-order valence-electron chi connectivity index (χ3n) is 8.81. The highest BCUT2D eigenvalue weighted by Gasteiger charge is 2.81. The van der Waals surface area contributed by atoms with Gasteiger partial charge in [0.1, 0.15) is 0 Å². The van der Waals surface area contributed by atoms with Gasteiger partial charge >= 0.3 is 0 Å². The lowest BCUT2D eigenvalue weighted by atomic mass is 9.42. The van der Waals surface area contributed by atoms with E-state index in [-0.39, 0.29) is 41.4 Å². The highest BCUT2D eigenvalue weighted by Crippen LogP contribution is 2.72. The summed E-state index contributed by atoms with van der Waals surface area (Å²) in [6.07, 6.45) is 5.81. The van der Waals surface area contributed by atoms with Crippen LogP contribution in [0.5, 0.6) is 0 Å². The quantitative estimate of drug-likeness (QED) is 0.745. The third kappa shape index (κ3) is 1.72. The van der Waals surface area contributed by atoms with E-state index in [1.165, 1.54) is 5.57 Å². The van der Waals surface area contributed by atoms with Gasteiger partial charge in [-0.1, -0.05) is 32.4 Å². The van der Waals surface area contributed by atoms with Crippen LogP contribution in [0.2, 0.25) is 0 Å². The minimum absolute atomic E-state index is 0.0752. The largest absolute Gasteiger partial charge is 0.388 e. The highest BCUT2D eigenvalue weighted by molar-refractivity contribution is 5.89. The predicted octanol–water partition coefficient (Wildman–Crippen LogP) is 3.05. The molecule has 0 aromatic heterocycles. The number of allylic oxidation sites excluding steroid dienone is 2. The summed E-state index contributed by atoms with van der Waals surface area (Å²) in [5.74, 6) is 1.31. The highest BCUT2D eigenvalue weighted by atomic mass is 16.5. The first-order valence-electron chi connectivity index (χ1n) is 10.5. The molecule has 2 N–H and O–H groups in total. The van der Waals surface area contributed by atoms with E-state index in [4.69, 9.17) is 4.74 Å². The monoisotopic (exact) mass is 359 g/mol. The van der Waals surface area contributed by atoms with Crippen molar-refractivity contribution in [3.63, 3.8) is 0 Å². The lowest BCUT2D eigenvalue weighted by Crippen LogP contribution is -2.72. The topological polar surface area (TPSA) is 58.6 Å². The van der Waals surface area contributed by atoms with Crippen molar-refractivity contribution in [3.05, 3.63) is 11.6 Å². The number of fused-ring (bicyclic) bond motifs is 1. The summed E-state index contributed by atoms with van der Waals surface area (Å²) in [6.45, 7) is 11.1. The maximum absolute atomic E-state index is 13.6. The molecule has 1 amide bonds. The maximum Gasteiger partial charge on any atom is 0.230 e.